The van der Waals surface area contributed by atoms with E-state index in [2.05, 4.69) is 10.0 Å². The van der Waals surface area contributed by atoms with Crippen LogP contribution in [-0.4, -0.2) is 20.6 Å². The van der Waals surface area contributed by atoms with Crippen LogP contribution in [0.25, 0.3) is 10.8 Å². The summed E-state index contributed by atoms with van der Waals surface area (Å²) in [6, 6.07) is 20.4. The molecule has 0 saturated carbocycles. The molecule has 0 aliphatic heterocycles. The molecule has 0 bridgehead atoms. The lowest BCUT2D eigenvalue weighted by molar-refractivity contribution is 0.0952. The van der Waals surface area contributed by atoms with Crippen molar-refractivity contribution in [3.8, 4) is 0 Å². The molecule has 0 fully saturated rings. The molecule has 3 rings (SSSR count). The lowest BCUT2D eigenvalue weighted by atomic mass is 10.0. The molecule has 5 nitrogen and oxygen atoms in total. The number of carbonyl (C=O) groups is 1. The minimum Gasteiger partial charge on any atom is -0.348 e. The van der Waals surface area contributed by atoms with Crippen LogP contribution in [0.3, 0.4) is 0 Å². The molecule has 2 N–H and O–H groups in total. The Labute approximate surface area is 146 Å². The van der Waals surface area contributed by atoms with Crippen LogP contribution in [0.15, 0.2) is 66.7 Å². The Balaban J connectivity index is 1.81. The van der Waals surface area contributed by atoms with Crippen molar-refractivity contribution >= 4 is 32.4 Å². The average Bonchev–Trinajstić information content (AvgIpc) is 2.58. The Kier molecular flexibility index (Phi) is 4.72. The van der Waals surface area contributed by atoms with Crippen molar-refractivity contribution in [2.75, 3.05) is 11.0 Å². The van der Waals surface area contributed by atoms with Crippen LogP contribution in [0.2, 0.25) is 0 Å². The van der Waals surface area contributed by atoms with Crippen LogP contribution >= 0.6 is 0 Å². The number of anilines is 1. The third-order valence-electron chi connectivity index (χ3n) is 3.79. The maximum Gasteiger partial charge on any atom is 0.253 e. The normalized spacial score (nSPS) is 11.2. The van der Waals surface area contributed by atoms with Gasteiger partial charge in [0.15, 0.2) is 0 Å². The molecule has 0 heterocycles. The molecule has 0 aromatic heterocycles. The molecule has 0 aliphatic rings. The number of para-hydroxylation sites is 1. The minimum absolute atomic E-state index is 0.264. The van der Waals surface area contributed by atoms with E-state index >= 15 is 0 Å². The number of benzene rings is 3. The van der Waals surface area contributed by atoms with Crippen molar-refractivity contribution in [2.24, 2.45) is 0 Å². The van der Waals surface area contributed by atoms with E-state index in [-0.39, 0.29) is 17.2 Å². The van der Waals surface area contributed by atoms with Crippen molar-refractivity contribution in [1.29, 1.82) is 0 Å². The average molecular weight is 354 g/mol. The quantitative estimate of drug-likeness (QED) is 0.739. The van der Waals surface area contributed by atoms with E-state index in [1.165, 1.54) is 0 Å². The zero-order valence-electron chi connectivity index (χ0n) is 13.7. The molecule has 6 heteroatoms. The van der Waals surface area contributed by atoms with Gasteiger partial charge in [0.2, 0.25) is 10.0 Å². The highest BCUT2D eigenvalue weighted by molar-refractivity contribution is 7.92. The summed E-state index contributed by atoms with van der Waals surface area (Å²) in [5.41, 5.74) is 1.55. The Morgan fingerprint density at radius 1 is 0.920 bits per heavy atom. The van der Waals surface area contributed by atoms with E-state index in [1.807, 2.05) is 42.5 Å². The Morgan fingerprint density at radius 3 is 2.40 bits per heavy atom. The number of fused-ring (bicyclic) bond motifs is 1. The van der Waals surface area contributed by atoms with Gasteiger partial charge >= 0.3 is 0 Å². The molecule has 3 aromatic carbocycles. The van der Waals surface area contributed by atoms with Crippen molar-refractivity contribution in [3.63, 3.8) is 0 Å². The van der Waals surface area contributed by atoms with Crippen molar-refractivity contribution in [2.45, 2.75) is 6.54 Å². The fraction of sp³-hybridized carbons (Fsp3) is 0.105. The van der Waals surface area contributed by atoms with Crippen LogP contribution < -0.4 is 10.0 Å². The maximum atomic E-state index is 12.5. The van der Waals surface area contributed by atoms with Gasteiger partial charge in [0, 0.05) is 6.54 Å². The molecule has 1 amide bonds. The second-order valence-corrected chi connectivity index (χ2v) is 7.49. The van der Waals surface area contributed by atoms with E-state index in [4.69, 9.17) is 0 Å². The SMILES string of the molecule is CS(=O)(=O)Nc1ccccc1C(=O)NCc1cccc2ccccc12. The molecule has 128 valence electrons. The highest BCUT2D eigenvalue weighted by atomic mass is 32.2. The van der Waals surface area contributed by atoms with Crippen molar-refractivity contribution in [1.82, 2.24) is 5.32 Å². The van der Waals surface area contributed by atoms with Gasteiger partial charge in [-0.25, -0.2) is 8.42 Å². The van der Waals surface area contributed by atoms with E-state index in [0.717, 1.165) is 22.6 Å². The summed E-state index contributed by atoms with van der Waals surface area (Å²) in [6.45, 7) is 0.355. The largest absolute Gasteiger partial charge is 0.348 e. The van der Waals surface area contributed by atoms with E-state index in [0.29, 0.717) is 6.54 Å². The Bertz CT molecular complexity index is 1020. The Hall–Kier alpha value is -2.86. The first-order valence-electron chi connectivity index (χ1n) is 7.76. The van der Waals surface area contributed by atoms with Gasteiger partial charge in [0.05, 0.1) is 17.5 Å². The third kappa shape index (κ3) is 4.16. The van der Waals surface area contributed by atoms with E-state index < -0.39 is 10.0 Å². The molecule has 0 atom stereocenters. The number of sulfonamides is 1. The van der Waals surface area contributed by atoms with Crippen LogP contribution in [0.1, 0.15) is 15.9 Å². The monoisotopic (exact) mass is 354 g/mol. The second kappa shape index (κ2) is 6.94. The first-order valence-corrected chi connectivity index (χ1v) is 9.65. The first-order chi connectivity index (χ1) is 11.9. The van der Waals surface area contributed by atoms with E-state index in [9.17, 15) is 13.2 Å². The van der Waals surface area contributed by atoms with Gasteiger partial charge < -0.3 is 5.32 Å². The lowest BCUT2D eigenvalue weighted by Gasteiger charge is -2.12. The zero-order valence-corrected chi connectivity index (χ0v) is 14.5. The molecule has 0 unspecified atom stereocenters. The highest BCUT2D eigenvalue weighted by Crippen LogP contribution is 2.19. The summed E-state index contributed by atoms with van der Waals surface area (Å²) >= 11 is 0. The number of hydrogen-bond acceptors (Lipinski definition) is 3. The summed E-state index contributed by atoms with van der Waals surface area (Å²) in [5.74, 6) is -0.334. The van der Waals surface area contributed by atoms with Crippen LogP contribution in [0.4, 0.5) is 5.69 Å². The second-order valence-electron chi connectivity index (χ2n) is 5.74. The number of carbonyl (C=O) groups excluding carboxylic acids is 1. The standard InChI is InChI=1S/C19H18N2O3S/c1-25(23,24)21-18-12-5-4-11-17(18)19(22)20-13-15-9-6-8-14-7-2-3-10-16(14)15/h2-12,21H,13H2,1H3,(H,20,22). The van der Waals surface area contributed by atoms with Gasteiger partial charge in [-0.2, -0.15) is 0 Å². The van der Waals surface area contributed by atoms with Crippen molar-refractivity contribution in [3.05, 3.63) is 77.9 Å². The third-order valence-corrected chi connectivity index (χ3v) is 4.38. The minimum atomic E-state index is -3.46. The smallest absolute Gasteiger partial charge is 0.253 e. The summed E-state index contributed by atoms with van der Waals surface area (Å²) in [4.78, 5) is 12.5. The summed E-state index contributed by atoms with van der Waals surface area (Å²) < 4.78 is 25.3. The van der Waals surface area contributed by atoms with Crippen molar-refractivity contribution < 1.29 is 13.2 Å². The molecule has 3 aromatic rings. The number of hydrogen-bond donors (Lipinski definition) is 2. The maximum absolute atomic E-state index is 12.5. The summed E-state index contributed by atoms with van der Waals surface area (Å²) in [6.07, 6.45) is 1.05. The molecular formula is C19H18N2O3S. The van der Waals surface area contributed by atoms with Gasteiger partial charge in [-0.3, -0.25) is 9.52 Å². The summed E-state index contributed by atoms with van der Waals surface area (Å²) in [5, 5.41) is 5.04. The molecule has 0 aliphatic carbocycles. The molecule has 0 spiro atoms. The van der Waals surface area contributed by atoms with E-state index in [1.54, 1.807) is 24.3 Å². The highest BCUT2D eigenvalue weighted by Gasteiger charge is 2.13. The number of amides is 1. The lowest BCUT2D eigenvalue weighted by Crippen LogP contribution is -2.24. The Morgan fingerprint density at radius 2 is 1.60 bits per heavy atom. The van der Waals surface area contributed by atoms with Crippen LogP contribution in [0, 0.1) is 0 Å². The number of rotatable bonds is 5. The van der Waals surface area contributed by atoms with Crippen LogP contribution in [-0.2, 0) is 16.6 Å². The van der Waals surface area contributed by atoms with Gasteiger partial charge in [-0.1, -0.05) is 54.6 Å². The van der Waals surface area contributed by atoms with Gasteiger partial charge in [-0.05, 0) is 28.5 Å². The summed E-state index contributed by atoms with van der Waals surface area (Å²) in [7, 11) is -3.46. The van der Waals surface area contributed by atoms with Gasteiger partial charge in [-0.15, -0.1) is 0 Å². The molecule has 0 saturated heterocycles. The van der Waals surface area contributed by atoms with Crippen LogP contribution in [0.5, 0.6) is 0 Å². The fourth-order valence-corrected chi connectivity index (χ4v) is 3.26. The zero-order chi connectivity index (χ0) is 17.9. The van der Waals surface area contributed by atoms with Gasteiger partial charge in [0.1, 0.15) is 0 Å². The predicted octanol–water partition coefficient (Wildman–Crippen LogP) is 3.14. The molecule has 25 heavy (non-hydrogen) atoms. The topological polar surface area (TPSA) is 75.3 Å². The number of nitrogens with one attached hydrogen (secondary N) is 2. The molecular weight excluding hydrogens is 336 g/mol. The molecule has 0 radical (unpaired) electrons. The van der Waals surface area contributed by atoms with Gasteiger partial charge in [0.25, 0.3) is 5.91 Å². The first kappa shape index (κ1) is 17.0. The fourth-order valence-electron chi connectivity index (χ4n) is 2.69. The predicted molar refractivity (Wildman–Crippen MR) is 100 cm³/mol.